The molecule has 2 aliphatic heterocycles. The molecule has 1 amide bonds. The zero-order valence-electron chi connectivity index (χ0n) is 16.9. The SMILES string of the molecule is N#Cc1ccccc1N1CCN(CC(O)COc2ccc3c(c2)CCC(=O)N3)CC1. The standard InChI is InChI=1S/C23H26N4O3/c24-14-18-3-1-2-4-22(18)27-11-9-26(10-12-27)15-19(28)16-30-20-6-7-21-17(13-20)5-8-23(29)25-21/h1-4,6-7,13,19,28H,5,8-12,15-16H2,(H,25,29). The number of para-hydroxylation sites is 1. The summed E-state index contributed by atoms with van der Waals surface area (Å²) in [5, 5.41) is 22.6. The van der Waals surface area contributed by atoms with Crippen LogP contribution in [0.4, 0.5) is 11.4 Å². The molecule has 7 nitrogen and oxygen atoms in total. The molecule has 4 rings (SSSR count). The summed E-state index contributed by atoms with van der Waals surface area (Å²) in [6.45, 7) is 4.08. The van der Waals surface area contributed by atoms with Gasteiger partial charge in [0.1, 0.15) is 24.5 Å². The van der Waals surface area contributed by atoms with E-state index >= 15 is 0 Å². The van der Waals surface area contributed by atoms with E-state index in [-0.39, 0.29) is 12.5 Å². The van der Waals surface area contributed by atoms with Gasteiger partial charge in [-0.15, -0.1) is 0 Å². The van der Waals surface area contributed by atoms with E-state index in [0.29, 0.717) is 30.7 Å². The Kier molecular flexibility index (Phi) is 6.17. The summed E-state index contributed by atoms with van der Waals surface area (Å²) < 4.78 is 5.79. The van der Waals surface area contributed by atoms with Gasteiger partial charge in [0.15, 0.2) is 0 Å². The zero-order chi connectivity index (χ0) is 20.9. The Balaban J connectivity index is 1.24. The minimum absolute atomic E-state index is 0.0443. The Hall–Kier alpha value is -3.08. The number of β-amino-alcohol motifs (C(OH)–C–C–N with tert-alkyl or cyclic N) is 1. The Morgan fingerprint density at radius 2 is 1.93 bits per heavy atom. The van der Waals surface area contributed by atoms with Crippen molar-refractivity contribution < 1.29 is 14.6 Å². The third kappa shape index (κ3) is 4.73. The van der Waals surface area contributed by atoms with Crippen LogP contribution in [0.15, 0.2) is 42.5 Å². The van der Waals surface area contributed by atoms with Crippen molar-refractivity contribution in [3.63, 3.8) is 0 Å². The fourth-order valence-electron chi connectivity index (χ4n) is 4.01. The number of anilines is 2. The fourth-order valence-corrected chi connectivity index (χ4v) is 4.01. The number of nitrogens with zero attached hydrogens (tertiary/aromatic N) is 3. The number of carbonyl (C=O) groups is 1. The summed E-state index contributed by atoms with van der Waals surface area (Å²) in [5.41, 5.74) is 3.58. The third-order valence-corrected chi connectivity index (χ3v) is 5.62. The minimum Gasteiger partial charge on any atom is -0.491 e. The van der Waals surface area contributed by atoms with Crippen LogP contribution in [0.3, 0.4) is 0 Å². The molecular weight excluding hydrogens is 380 g/mol. The molecular formula is C23H26N4O3. The van der Waals surface area contributed by atoms with Gasteiger partial charge in [-0.1, -0.05) is 12.1 Å². The number of aliphatic hydroxyl groups is 1. The van der Waals surface area contributed by atoms with Crippen molar-refractivity contribution in [2.45, 2.75) is 18.9 Å². The summed E-state index contributed by atoms with van der Waals surface area (Å²) in [4.78, 5) is 15.9. The smallest absolute Gasteiger partial charge is 0.224 e. The molecule has 0 bridgehead atoms. The Labute approximate surface area is 176 Å². The average Bonchev–Trinajstić information content (AvgIpc) is 2.78. The zero-order valence-corrected chi connectivity index (χ0v) is 16.9. The van der Waals surface area contributed by atoms with Crippen molar-refractivity contribution in [2.24, 2.45) is 0 Å². The maximum absolute atomic E-state index is 11.5. The molecule has 156 valence electrons. The summed E-state index contributed by atoms with van der Waals surface area (Å²) in [5.74, 6) is 0.754. The molecule has 0 aliphatic carbocycles. The summed E-state index contributed by atoms with van der Waals surface area (Å²) >= 11 is 0. The van der Waals surface area contributed by atoms with Crippen molar-refractivity contribution in [1.29, 1.82) is 5.26 Å². The number of rotatable bonds is 6. The highest BCUT2D eigenvalue weighted by molar-refractivity contribution is 5.94. The Bertz CT molecular complexity index is 948. The molecule has 1 atom stereocenters. The first-order valence-corrected chi connectivity index (χ1v) is 10.3. The molecule has 0 aromatic heterocycles. The predicted octanol–water partition coefficient (Wildman–Crippen LogP) is 2.00. The van der Waals surface area contributed by atoms with Crippen molar-refractivity contribution in [3.05, 3.63) is 53.6 Å². The van der Waals surface area contributed by atoms with Gasteiger partial charge in [-0.3, -0.25) is 9.69 Å². The van der Waals surface area contributed by atoms with E-state index in [1.165, 1.54) is 0 Å². The number of amides is 1. The molecule has 30 heavy (non-hydrogen) atoms. The first kappa shape index (κ1) is 20.2. The first-order chi connectivity index (χ1) is 14.6. The van der Waals surface area contributed by atoms with E-state index in [2.05, 4.69) is 21.2 Å². The van der Waals surface area contributed by atoms with E-state index in [4.69, 9.17) is 4.74 Å². The molecule has 0 saturated carbocycles. The maximum Gasteiger partial charge on any atom is 0.224 e. The largest absolute Gasteiger partial charge is 0.491 e. The number of nitriles is 1. The van der Waals surface area contributed by atoms with Crippen molar-refractivity contribution in [2.75, 3.05) is 49.5 Å². The van der Waals surface area contributed by atoms with Crippen LogP contribution in [0.5, 0.6) is 5.75 Å². The second-order valence-electron chi connectivity index (χ2n) is 7.75. The number of aliphatic hydroxyl groups excluding tert-OH is 1. The molecule has 0 radical (unpaired) electrons. The highest BCUT2D eigenvalue weighted by Crippen LogP contribution is 2.27. The van der Waals surface area contributed by atoms with Crippen molar-refractivity contribution >= 4 is 17.3 Å². The second-order valence-corrected chi connectivity index (χ2v) is 7.75. The number of aryl methyl sites for hydroxylation is 1. The molecule has 2 N–H and O–H groups in total. The van der Waals surface area contributed by atoms with E-state index in [9.17, 15) is 15.2 Å². The molecule has 2 aromatic rings. The minimum atomic E-state index is -0.585. The molecule has 1 fully saturated rings. The lowest BCUT2D eigenvalue weighted by Gasteiger charge is -2.37. The van der Waals surface area contributed by atoms with Gasteiger partial charge in [0, 0.05) is 44.8 Å². The van der Waals surface area contributed by atoms with Gasteiger partial charge in [-0.25, -0.2) is 0 Å². The molecule has 0 spiro atoms. The maximum atomic E-state index is 11.5. The molecule has 7 heteroatoms. The van der Waals surface area contributed by atoms with Crippen molar-refractivity contribution in [1.82, 2.24) is 4.90 Å². The molecule has 1 saturated heterocycles. The lowest BCUT2D eigenvalue weighted by Crippen LogP contribution is -2.49. The van der Waals surface area contributed by atoms with E-state index in [0.717, 1.165) is 43.1 Å². The molecule has 2 aromatic carbocycles. The lowest BCUT2D eigenvalue weighted by atomic mass is 10.0. The number of ether oxygens (including phenoxy) is 1. The van der Waals surface area contributed by atoms with Crippen LogP contribution in [0.2, 0.25) is 0 Å². The van der Waals surface area contributed by atoms with Gasteiger partial charge < -0.3 is 20.1 Å². The lowest BCUT2D eigenvalue weighted by molar-refractivity contribution is -0.116. The number of benzene rings is 2. The third-order valence-electron chi connectivity index (χ3n) is 5.62. The van der Waals surface area contributed by atoms with E-state index < -0.39 is 6.10 Å². The number of carbonyl (C=O) groups excluding carboxylic acids is 1. The van der Waals surface area contributed by atoms with Gasteiger partial charge in [-0.2, -0.15) is 5.26 Å². The number of piperazine rings is 1. The van der Waals surface area contributed by atoms with Crippen LogP contribution in [0.25, 0.3) is 0 Å². The van der Waals surface area contributed by atoms with Gasteiger partial charge in [-0.05, 0) is 42.3 Å². The second kappa shape index (κ2) is 9.16. The normalized spacial score (nSPS) is 17.6. The Morgan fingerprint density at radius 1 is 1.13 bits per heavy atom. The van der Waals surface area contributed by atoms with Gasteiger partial charge in [0.05, 0.1) is 11.3 Å². The van der Waals surface area contributed by atoms with Crippen LogP contribution in [0.1, 0.15) is 17.5 Å². The summed E-state index contributed by atoms with van der Waals surface area (Å²) in [6, 6.07) is 15.5. The first-order valence-electron chi connectivity index (χ1n) is 10.3. The van der Waals surface area contributed by atoms with Crippen LogP contribution in [0, 0.1) is 11.3 Å². The summed E-state index contributed by atoms with van der Waals surface area (Å²) in [6.07, 6.45) is 0.614. The topological polar surface area (TPSA) is 88.8 Å². The van der Waals surface area contributed by atoms with Gasteiger partial charge >= 0.3 is 0 Å². The molecule has 2 aliphatic rings. The summed E-state index contributed by atoms with van der Waals surface area (Å²) in [7, 11) is 0. The van der Waals surface area contributed by atoms with E-state index in [1.807, 2.05) is 42.5 Å². The fraction of sp³-hybridized carbons (Fsp3) is 0.391. The molecule has 1 unspecified atom stereocenters. The van der Waals surface area contributed by atoms with Crippen molar-refractivity contribution in [3.8, 4) is 11.8 Å². The highest BCUT2D eigenvalue weighted by atomic mass is 16.5. The van der Waals surface area contributed by atoms with Crippen LogP contribution < -0.4 is 15.0 Å². The molecule has 2 heterocycles. The van der Waals surface area contributed by atoms with Crippen LogP contribution in [-0.4, -0.2) is 61.3 Å². The van der Waals surface area contributed by atoms with E-state index in [1.54, 1.807) is 0 Å². The van der Waals surface area contributed by atoms with Gasteiger partial charge in [0.2, 0.25) is 5.91 Å². The number of nitrogens with one attached hydrogen (secondary N) is 1. The highest BCUT2D eigenvalue weighted by Gasteiger charge is 2.21. The average molecular weight is 406 g/mol. The number of hydrogen-bond acceptors (Lipinski definition) is 6. The number of hydrogen-bond donors (Lipinski definition) is 2. The van der Waals surface area contributed by atoms with Crippen LogP contribution in [-0.2, 0) is 11.2 Å². The van der Waals surface area contributed by atoms with Gasteiger partial charge in [0.25, 0.3) is 0 Å². The predicted molar refractivity (Wildman–Crippen MR) is 115 cm³/mol. The number of fused-ring (bicyclic) bond motifs is 1. The monoisotopic (exact) mass is 406 g/mol. The van der Waals surface area contributed by atoms with Crippen LogP contribution >= 0.6 is 0 Å². The quantitative estimate of drug-likeness (QED) is 0.763. The Morgan fingerprint density at radius 3 is 2.73 bits per heavy atom.